The first kappa shape index (κ1) is 20.8. The van der Waals surface area contributed by atoms with Crippen molar-refractivity contribution in [3.8, 4) is 0 Å². The molecule has 1 N–H and O–H groups in total. The zero-order valence-corrected chi connectivity index (χ0v) is 18.5. The zero-order valence-electron chi connectivity index (χ0n) is 17.0. The van der Waals surface area contributed by atoms with E-state index in [2.05, 4.69) is 10.2 Å². The molecule has 7 heteroatoms. The molecule has 162 valence electrons. The number of carbonyl (C=O) groups is 1. The molecule has 31 heavy (non-hydrogen) atoms. The van der Waals surface area contributed by atoms with Crippen LogP contribution in [-0.2, 0) is 17.6 Å². The summed E-state index contributed by atoms with van der Waals surface area (Å²) in [7, 11) is 0. The van der Waals surface area contributed by atoms with Gasteiger partial charge in [0, 0.05) is 30.6 Å². The minimum absolute atomic E-state index is 0.00638. The SMILES string of the molecule is O=C1C(CC2(F)C(Cl)=CC(c3ccccc3)=CC2Cl)CCN1C1CCc2cn[nH]c2C1. The second-order valence-corrected chi connectivity index (χ2v) is 9.61. The van der Waals surface area contributed by atoms with Gasteiger partial charge in [0.25, 0.3) is 0 Å². The second-order valence-electron chi connectivity index (χ2n) is 8.74. The van der Waals surface area contributed by atoms with E-state index in [4.69, 9.17) is 23.2 Å². The number of hydrogen-bond donors (Lipinski definition) is 1. The van der Waals surface area contributed by atoms with Crippen LogP contribution in [0.3, 0.4) is 0 Å². The lowest BCUT2D eigenvalue weighted by Crippen LogP contribution is -2.43. The van der Waals surface area contributed by atoms with Gasteiger partial charge in [0.05, 0.1) is 16.6 Å². The fourth-order valence-corrected chi connectivity index (χ4v) is 5.79. The van der Waals surface area contributed by atoms with Crippen molar-refractivity contribution in [3.63, 3.8) is 0 Å². The molecule has 1 aromatic heterocycles. The first-order valence-electron chi connectivity index (χ1n) is 10.7. The second kappa shape index (κ2) is 8.10. The highest BCUT2D eigenvalue weighted by molar-refractivity contribution is 6.34. The number of rotatable bonds is 4. The van der Waals surface area contributed by atoms with Crippen LogP contribution in [0, 0.1) is 5.92 Å². The van der Waals surface area contributed by atoms with Crippen LogP contribution in [0.15, 0.2) is 53.7 Å². The number of aryl methyl sites for hydroxylation is 1. The number of allylic oxidation sites excluding steroid dienone is 4. The van der Waals surface area contributed by atoms with Gasteiger partial charge in [0.15, 0.2) is 5.67 Å². The van der Waals surface area contributed by atoms with Gasteiger partial charge in [-0.2, -0.15) is 5.10 Å². The Labute approximate surface area is 191 Å². The van der Waals surface area contributed by atoms with Crippen LogP contribution in [-0.4, -0.2) is 44.6 Å². The van der Waals surface area contributed by atoms with E-state index in [0.717, 1.165) is 36.1 Å². The largest absolute Gasteiger partial charge is 0.339 e. The van der Waals surface area contributed by atoms with Gasteiger partial charge in [0.2, 0.25) is 5.91 Å². The molecule has 4 unspecified atom stereocenters. The summed E-state index contributed by atoms with van der Waals surface area (Å²) in [5.41, 5.74) is 2.13. The molecule has 2 heterocycles. The first-order valence-corrected chi connectivity index (χ1v) is 11.6. The molecule has 1 fully saturated rings. The van der Waals surface area contributed by atoms with E-state index in [1.54, 1.807) is 12.2 Å². The van der Waals surface area contributed by atoms with E-state index in [1.165, 1.54) is 5.56 Å². The molecule has 0 saturated carbocycles. The Bertz CT molecular complexity index is 1050. The molecule has 1 aliphatic heterocycles. The molecule has 3 aliphatic rings. The number of fused-ring (bicyclic) bond motifs is 1. The maximum absolute atomic E-state index is 16.0. The van der Waals surface area contributed by atoms with Crippen molar-refractivity contribution in [1.82, 2.24) is 15.1 Å². The van der Waals surface area contributed by atoms with E-state index in [9.17, 15) is 4.79 Å². The summed E-state index contributed by atoms with van der Waals surface area (Å²) >= 11 is 12.9. The van der Waals surface area contributed by atoms with Gasteiger partial charge in [-0.05, 0) is 48.5 Å². The maximum Gasteiger partial charge on any atom is 0.226 e. The third-order valence-electron chi connectivity index (χ3n) is 6.88. The lowest BCUT2D eigenvalue weighted by Gasteiger charge is -2.34. The summed E-state index contributed by atoms with van der Waals surface area (Å²) in [6.45, 7) is 0.646. The highest BCUT2D eigenvalue weighted by Gasteiger charge is 2.48. The normalized spacial score (nSPS) is 30.7. The van der Waals surface area contributed by atoms with Crippen molar-refractivity contribution in [2.45, 2.75) is 49.2 Å². The standard InChI is InChI=1S/C24H24Cl2FN3O/c25-21-10-18(15-4-2-1-3-5-15)11-22(26)24(21,27)13-16-8-9-30(23(16)31)19-7-6-17-14-28-29-20(17)12-19/h1-5,10-11,14,16,19,21H,6-9,12-13H2,(H,28,29). The number of benzene rings is 1. The molecule has 2 aromatic rings. The third kappa shape index (κ3) is 3.72. The van der Waals surface area contributed by atoms with Crippen molar-refractivity contribution in [1.29, 1.82) is 0 Å². The minimum atomic E-state index is -1.94. The fraction of sp³-hybridized carbons (Fsp3) is 0.417. The van der Waals surface area contributed by atoms with Crippen molar-refractivity contribution in [2.75, 3.05) is 6.54 Å². The Hall–Kier alpha value is -2.11. The number of nitrogens with one attached hydrogen (secondary N) is 1. The lowest BCUT2D eigenvalue weighted by atomic mass is 9.83. The molecular weight excluding hydrogens is 436 g/mol. The summed E-state index contributed by atoms with van der Waals surface area (Å²) < 4.78 is 16.0. The molecule has 5 rings (SSSR count). The van der Waals surface area contributed by atoms with Gasteiger partial charge >= 0.3 is 0 Å². The van der Waals surface area contributed by atoms with E-state index in [1.807, 2.05) is 41.4 Å². The Morgan fingerprint density at radius 1 is 1.26 bits per heavy atom. The molecule has 0 bridgehead atoms. The Morgan fingerprint density at radius 2 is 2.06 bits per heavy atom. The average Bonchev–Trinajstić information content (AvgIpc) is 3.39. The number of nitrogens with zero attached hydrogens (tertiary/aromatic N) is 2. The molecule has 4 atom stereocenters. The van der Waals surface area contributed by atoms with Crippen LogP contribution in [0.5, 0.6) is 0 Å². The molecule has 1 aromatic carbocycles. The fourth-order valence-electron chi connectivity index (χ4n) is 5.08. The predicted molar refractivity (Wildman–Crippen MR) is 121 cm³/mol. The van der Waals surface area contributed by atoms with Crippen LogP contribution in [0.4, 0.5) is 4.39 Å². The van der Waals surface area contributed by atoms with E-state index in [-0.39, 0.29) is 23.4 Å². The van der Waals surface area contributed by atoms with Gasteiger partial charge in [-0.15, -0.1) is 11.6 Å². The molecule has 1 saturated heterocycles. The number of halogens is 3. The number of carbonyl (C=O) groups excluding carboxylic acids is 1. The Morgan fingerprint density at radius 3 is 2.84 bits per heavy atom. The van der Waals surface area contributed by atoms with E-state index < -0.39 is 17.0 Å². The summed E-state index contributed by atoms with van der Waals surface area (Å²) in [5.74, 6) is -0.403. The van der Waals surface area contributed by atoms with Crippen LogP contribution in [0.25, 0.3) is 5.57 Å². The van der Waals surface area contributed by atoms with Crippen molar-refractivity contribution < 1.29 is 9.18 Å². The number of aromatic amines is 1. The Kier molecular flexibility index (Phi) is 5.43. The average molecular weight is 460 g/mol. The van der Waals surface area contributed by atoms with Gasteiger partial charge in [0.1, 0.15) is 0 Å². The van der Waals surface area contributed by atoms with E-state index in [0.29, 0.717) is 13.0 Å². The van der Waals surface area contributed by atoms with Gasteiger partial charge in [-0.1, -0.05) is 48.0 Å². The number of alkyl halides is 2. The van der Waals surface area contributed by atoms with Crippen molar-refractivity contribution in [3.05, 3.63) is 70.5 Å². The monoisotopic (exact) mass is 459 g/mol. The number of hydrogen-bond acceptors (Lipinski definition) is 2. The van der Waals surface area contributed by atoms with Crippen LogP contribution < -0.4 is 0 Å². The number of likely N-dealkylation sites (tertiary alicyclic amines) is 1. The molecule has 0 radical (unpaired) electrons. The van der Waals surface area contributed by atoms with Gasteiger partial charge in [-0.3, -0.25) is 9.89 Å². The topological polar surface area (TPSA) is 49.0 Å². The molecule has 2 aliphatic carbocycles. The first-order chi connectivity index (χ1) is 15.0. The number of amides is 1. The lowest BCUT2D eigenvalue weighted by molar-refractivity contribution is -0.134. The van der Waals surface area contributed by atoms with Gasteiger partial charge in [-0.25, -0.2) is 4.39 Å². The highest BCUT2D eigenvalue weighted by atomic mass is 35.5. The Balaban J connectivity index is 1.30. The predicted octanol–water partition coefficient (Wildman–Crippen LogP) is 5.04. The van der Waals surface area contributed by atoms with Crippen LogP contribution >= 0.6 is 23.2 Å². The molecule has 0 spiro atoms. The number of H-pyrrole nitrogens is 1. The summed E-state index contributed by atoms with van der Waals surface area (Å²) in [5, 5.41) is 6.29. The summed E-state index contributed by atoms with van der Waals surface area (Å²) in [4.78, 5) is 15.1. The van der Waals surface area contributed by atoms with E-state index >= 15 is 4.39 Å². The summed E-state index contributed by atoms with van der Waals surface area (Å²) in [6, 6.07) is 9.77. The van der Waals surface area contributed by atoms with Gasteiger partial charge < -0.3 is 4.90 Å². The molecule has 1 amide bonds. The quantitative estimate of drug-likeness (QED) is 0.650. The maximum atomic E-state index is 16.0. The summed E-state index contributed by atoms with van der Waals surface area (Å²) in [6.07, 6.45) is 8.44. The highest BCUT2D eigenvalue weighted by Crippen LogP contribution is 2.46. The number of aromatic nitrogens is 2. The smallest absolute Gasteiger partial charge is 0.226 e. The van der Waals surface area contributed by atoms with Crippen LogP contribution in [0.1, 0.15) is 36.1 Å². The zero-order chi connectivity index (χ0) is 21.6. The van der Waals surface area contributed by atoms with Crippen molar-refractivity contribution in [2.24, 2.45) is 5.92 Å². The minimum Gasteiger partial charge on any atom is -0.339 e. The molecular formula is C24H24Cl2FN3O. The molecule has 4 nitrogen and oxygen atoms in total. The van der Waals surface area contributed by atoms with Crippen molar-refractivity contribution >= 4 is 34.7 Å². The third-order valence-corrected chi connectivity index (χ3v) is 7.77. The van der Waals surface area contributed by atoms with Crippen LogP contribution in [0.2, 0.25) is 0 Å².